The third-order valence-corrected chi connectivity index (χ3v) is 6.07. The fraction of sp³-hybridized carbons (Fsp3) is 0.600. The highest BCUT2D eigenvalue weighted by atomic mass is 32.2. The van der Waals surface area contributed by atoms with Gasteiger partial charge in [0.15, 0.2) is 0 Å². The van der Waals surface area contributed by atoms with Crippen molar-refractivity contribution in [2.75, 3.05) is 5.75 Å². The van der Waals surface area contributed by atoms with Crippen LogP contribution in [0.25, 0.3) is 0 Å². The summed E-state index contributed by atoms with van der Waals surface area (Å²) in [5.41, 5.74) is 1.33. The van der Waals surface area contributed by atoms with Gasteiger partial charge in [-0.05, 0) is 47.5 Å². The molecule has 0 unspecified atom stereocenters. The first-order chi connectivity index (χ1) is 10.6. The normalized spacial score (nSPS) is 12.1. The number of aryl methyl sites for hydroxylation is 1. The van der Waals surface area contributed by atoms with Gasteiger partial charge in [0, 0.05) is 4.90 Å². The molecule has 0 aliphatic rings. The van der Waals surface area contributed by atoms with E-state index < -0.39 is 0 Å². The third-order valence-electron chi connectivity index (χ3n) is 3.64. The van der Waals surface area contributed by atoms with Crippen LogP contribution in [0.2, 0.25) is 0 Å². The van der Waals surface area contributed by atoms with Gasteiger partial charge >= 0.3 is 0 Å². The van der Waals surface area contributed by atoms with Crippen molar-refractivity contribution in [2.45, 2.75) is 71.1 Å². The first-order valence-electron chi connectivity index (χ1n) is 8.69. The van der Waals surface area contributed by atoms with Crippen molar-refractivity contribution in [1.82, 2.24) is 0 Å². The molecule has 0 aromatic heterocycles. The van der Waals surface area contributed by atoms with E-state index in [1.54, 1.807) is 0 Å². The summed E-state index contributed by atoms with van der Waals surface area (Å²) < 4.78 is 0. The molecule has 0 amide bonds. The number of benzene rings is 1. The summed E-state index contributed by atoms with van der Waals surface area (Å²) in [7, 11) is 0. The fourth-order valence-corrected chi connectivity index (χ4v) is 4.23. The van der Waals surface area contributed by atoms with Crippen LogP contribution in [-0.2, 0) is 0 Å². The smallest absolute Gasteiger partial charge is 0.0119 e. The number of hydrogen-bond acceptors (Lipinski definition) is 2. The molecule has 0 spiro atoms. The summed E-state index contributed by atoms with van der Waals surface area (Å²) in [5.74, 6) is 1.86. The van der Waals surface area contributed by atoms with E-state index in [1.165, 1.54) is 59.6 Å². The minimum atomic E-state index is 0.600. The monoisotopic (exact) mass is 336 g/mol. The van der Waals surface area contributed by atoms with Gasteiger partial charge in [0.25, 0.3) is 0 Å². The van der Waals surface area contributed by atoms with Crippen molar-refractivity contribution in [3.8, 4) is 0 Å². The molecule has 2 heteroatoms. The number of unbranched alkanes of at least 4 members (excludes halogenated alkanes) is 5. The lowest BCUT2D eigenvalue weighted by Crippen LogP contribution is -1.89. The van der Waals surface area contributed by atoms with Crippen LogP contribution in [0.5, 0.6) is 0 Å². The summed E-state index contributed by atoms with van der Waals surface area (Å²) in [6.07, 6.45) is 8.31. The predicted octanol–water partition coefficient (Wildman–Crippen LogP) is 7.68. The lowest BCUT2D eigenvalue weighted by Gasteiger charge is -2.11. The molecule has 1 aromatic rings. The third kappa shape index (κ3) is 8.95. The Bertz CT molecular complexity index is 418. The minimum Gasteiger partial charge on any atom is -0.133 e. The van der Waals surface area contributed by atoms with E-state index in [-0.39, 0.29) is 0 Å². The van der Waals surface area contributed by atoms with Crippen molar-refractivity contribution in [3.05, 3.63) is 40.1 Å². The van der Waals surface area contributed by atoms with E-state index in [9.17, 15) is 0 Å². The topological polar surface area (TPSA) is 0 Å². The molecule has 0 nitrogen and oxygen atoms in total. The summed E-state index contributed by atoms with van der Waals surface area (Å²) in [6, 6.07) is 8.86. The van der Waals surface area contributed by atoms with E-state index in [2.05, 4.69) is 57.4 Å². The van der Waals surface area contributed by atoms with Crippen LogP contribution < -0.4 is 0 Å². The van der Waals surface area contributed by atoms with Gasteiger partial charge in [0.2, 0.25) is 0 Å². The Labute approximate surface area is 146 Å². The molecule has 1 rings (SSSR count). The average molecular weight is 337 g/mol. The van der Waals surface area contributed by atoms with Crippen LogP contribution in [-0.4, -0.2) is 5.75 Å². The first kappa shape index (κ1) is 19.7. The van der Waals surface area contributed by atoms with Crippen LogP contribution in [0.3, 0.4) is 0 Å². The second kappa shape index (κ2) is 12.1. The van der Waals surface area contributed by atoms with Gasteiger partial charge in [-0.25, -0.2) is 0 Å². The zero-order valence-corrected chi connectivity index (χ0v) is 16.4. The lowest BCUT2D eigenvalue weighted by atomic mass is 10.1. The molecule has 1 aromatic carbocycles. The van der Waals surface area contributed by atoms with Crippen LogP contribution in [0, 0.1) is 12.8 Å². The molecule has 0 atom stereocenters. The molecular weight excluding hydrogens is 304 g/mol. The molecule has 0 bridgehead atoms. The van der Waals surface area contributed by atoms with Crippen molar-refractivity contribution in [3.63, 3.8) is 0 Å². The van der Waals surface area contributed by atoms with Crippen LogP contribution in [0.1, 0.15) is 64.9 Å². The second-order valence-electron chi connectivity index (χ2n) is 6.23. The maximum Gasteiger partial charge on any atom is 0.0119 e. The zero-order valence-electron chi connectivity index (χ0n) is 14.7. The van der Waals surface area contributed by atoms with Gasteiger partial charge in [-0.2, -0.15) is 0 Å². The summed E-state index contributed by atoms with van der Waals surface area (Å²) in [5, 5.41) is 2.39. The summed E-state index contributed by atoms with van der Waals surface area (Å²) in [6.45, 7) is 9.00. The Morgan fingerprint density at radius 1 is 1.00 bits per heavy atom. The molecule has 0 N–H and O–H groups in total. The first-order valence-corrected chi connectivity index (χ1v) is 10.6. The largest absolute Gasteiger partial charge is 0.133 e. The van der Waals surface area contributed by atoms with E-state index in [0.29, 0.717) is 5.92 Å². The van der Waals surface area contributed by atoms with Gasteiger partial charge < -0.3 is 0 Å². The van der Waals surface area contributed by atoms with E-state index in [1.807, 2.05) is 23.5 Å². The maximum absolute atomic E-state index is 2.39. The molecule has 0 aliphatic heterocycles. The SMILES string of the molecule is CCCCCCCCS/C=C(\Sc1ccc(C)cc1)C(C)C. The Morgan fingerprint density at radius 2 is 1.64 bits per heavy atom. The van der Waals surface area contributed by atoms with Gasteiger partial charge in [-0.1, -0.05) is 82.3 Å². The highest BCUT2D eigenvalue weighted by Gasteiger charge is 2.05. The van der Waals surface area contributed by atoms with Crippen molar-refractivity contribution < 1.29 is 0 Å². The Kier molecular flexibility index (Phi) is 10.9. The molecule has 0 saturated carbocycles. The standard InChI is InChI=1S/C20H32S2/c1-5-6-7-8-9-10-15-21-16-20(17(2)3)22-19-13-11-18(4)12-14-19/h11-14,16-17H,5-10,15H2,1-4H3/b20-16-. The number of thioether (sulfide) groups is 2. The highest BCUT2D eigenvalue weighted by Crippen LogP contribution is 2.33. The lowest BCUT2D eigenvalue weighted by molar-refractivity contribution is 0.627. The Hall–Kier alpha value is -0.340. The molecular formula is C20H32S2. The molecule has 0 fully saturated rings. The molecule has 124 valence electrons. The molecule has 22 heavy (non-hydrogen) atoms. The van der Waals surface area contributed by atoms with Crippen LogP contribution in [0.15, 0.2) is 39.5 Å². The van der Waals surface area contributed by atoms with Crippen molar-refractivity contribution in [1.29, 1.82) is 0 Å². The van der Waals surface area contributed by atoms with Crippen LogP contribution in [0.4, 0.5) is 0 Å². The minimum absolute atomic E-state index is 0.600. The number of hydrogen-bond donors (Lipinski definition) is 0. The molecule has 0 heterocycles. The zero-order chi connectivity index (χ0) is 16.2. The highest BCUT2D eigenvalue weighted by molar-refractivity contribution is 8.06. The summed E-state index contributed by atoms with van der Waals surface area (Å²) >= 11 is 3.91. The predicted molar refractivity (Wildman–Crippen MR) is 106 cm³/mol. The number of allylic oxidation sites excluding steroid dienone is 1. The Morgan fingerprint density at radius 3 is 2.27 bits per heavy atom. The van der Waals surface area contributed by atoms with Crippen molar-refractivity contribution >= 4 is 23.5 Å². The van der Waals surface area contributed by atoms with E-state index in [0.717, 1.165) is 0 Å². The fourth-order valence-electron chi connectivity index (χ4n) is 2.13. The van der Waals surface area contributed by atoms with Gasteiger partial charge in [0.05, 0.1) is 0 Å². The molecule has 0 radical (unpaired) electrons. The quantitative estimate of drug-likeness (QED) is 0.300. The van der Waals surface area contributed by atoms with Gasteiger partial charge in [0.1, 0.15) is 0 Å². The van der Waals surface area contributed by atoms with Crippen LogP contribution >= 0.6 is 23.5 Å². The average Bonchev–Trinajstić information content (AvgIpc) is 2.50. The Balaban J connectivity index is 2.32. The number of rotatable bonds is 11. The summed E-state index contributed by atoms with van der Waals surface area (Å²) in [4.78, 5) is 2.84. The van der Waals surface area contributed by atoms with E-state index >= 15 is 0 Å². The second-order valence-corrected chi connectivity index (χ2v) is 8.35. The van der Waals surface area contributed by atoms with Crippen molar-refractivity contribution in [2.24, 2.45) is 5.92 Å². The molecule has 0 aliphatic carbocycles. The maximum atomic E-state index is 2.39. The van der Waals surface area contributed by atoms with E-state index in [4.69, 9.17) is 0 Å². The van der Waals surface area contributed by atoms with Gasteiger partial charge in [-0.15, -0.1) is 11.8 Å². The van der Waals surface area contributed by atoms with Gasteiger partial charge in [-0.3, -0.25) is 0 Å². The molecule has 0 saturated heterocycles.